The summed E-state index contributed by atoms with van der Waals surface area (Å²) in [5, 5.41) is 8.15. The van der Waals surface area contributed by atoms with Crippen LogP contribution in [0.5, 0.6) is 0 Å². The third kappa shape index (κ3) is 2.53. The summed E-state index contributed by atoms with van der Waals surface area (Å²) in [6.07, 6.45) is 0. The third-order valence-electron chi connectivity index (χ3n) is 0.990. The van der Waals surface area contributed by atoms with Gasteiger partial charge in [0.2, 0.25) is 0 Å². The molecule has 0 aliphatic rings. The van der Waals surface area contributed by atoms with E-state index in [1.165, 1.54) is 6.92 Å². The molecule has 0 spiro atoms. The number of esters is 1. The van der Waals surface area contributed by atoms with Crippen LogP contribution in [0, 0.1) is 0 Å². The first-order valence-corrected chi connectivity index (χ1v) is 3.14. The van der Waals surface area contributed by atoms with Crippen LogP contribution < -0.4 is 0 Å². The maximum Gasteiger partial charge on any atom is 0.377 e. The second-order valence-corrected chi connectivity index (χ2v) is 1.83. The van der Waals surface area contributed by atoms with Gasteiger partial charge in [-0.05, 0) is 6.92 Å². The number of carboxylic acids is 1. The molecular weight excluding hydrogens is 164 g/mol. The van der Waals surface area contributed by atoms with E-state index in [1.807, 2.05) is 0 Å². The van der Waals surface area contributed by atoms with E-state index in [0.29, 0.717) is 0 Å². The van der Waals surface area contributed by atoms with Crippen molar-refractivity contribution in [1.29, 1.82) is 0 Å². The molecule has 12 heavy (non-hydrogen) atoms. The van der Waals surface area contributed by atoms with Crippen LogP contribution >= 0.6 is 0 Å². The maximum absolute atomic E-state index is 10.7. The number of carbonyl (C=O) groups is 3. The van der Waals surface area contributed by atoms with Crippen molar-refractivity contribution in [3.8, 4) is 0 Å². The largest absolute Gasteiger partial charge is 0.475 e. The van der Waals surface area contributed by atoms with E-state index in [-0.39, 0.29) is 6.61 Å². The lowest BCUT2D eigenvalue weighted by Crippen LogP contribution is -2.21. The number of ether oxygens (including phenoxy) is 1. The van der Waals surface area contributed by atoms with Gasteiger partial charge >= 0.3 is 11.9 Å². The Hall–Kier alpha value is -1.65. The minimum absolute atomic E-state index is 0.0742. The van der Waals surface area contributed by atoms with E-state index < -0.39 is 23.3 Å². The summed E-state index contributed by atoms with van der Waals surface area (Å²) >= 11 is 0. The van der Waals surface area contributed by atoms with Crippen LogP contribution in [0.3, 0.4) is 0 Å². The SMILES string of the molecule is C=C(C(=O)OCC)C(=O)C(=O)O. The van der Waals surface area contributed by atoms with E-state index in [9.17, 15) is 14.4 Å². The van der Waals surface area contributed by atoms with Gasteiger partial charge in [0.25, 0.3) is 5.78 Å². The van der Waals surface area contributed by atoms with Crippen LogP contribution in [0.1, 0.15) is 6.92 Å². The van der Waals surface area contributed by atoms with Gasteiger partial charge in [0.1, 0.15) is 5.57 Å². The standard InChI is InChI=1S/C7H8O5/c1-3-12-7(11)4(2)5(8)6(9)10/h2-3H2,1H3,(H,9,10). The zero-order valence-electron chi connectivity index (χ0n) is 6.49. The predicted octanol–water partition coefficient (Wildman–Crippen LogP) is -0.241. The van der Waals surface area contributed by atoms with Crippen molar-refractivity contribution in [2.24, 2.45) is 0 Å². The summed E-state index contributed by atoms with van der Waals surface area (Å²) in [7, 11) is 0. The summed E-state index contributed by atoms with van der Waals surface area (Å²) in [4.78, 5) is 31.3. The zero-order chi connectivity index (χ0) is 9.72. The van der Waals surface area contributed by atoms with Gasteiger partial charge in [0.05, 0.1) is 6.61 Å². The Labute approximate surface area is 68.6 Å². The van der Waals surface area contributed by atoms with Crippen molar-refractivity contribution >= 4 is 17.7 Å². The molecule has 0 aliphatic heterocycles. The summed E-state index contributed by atoms with van der Waals surface area (Å²) in [5.74, 6) is -4.05. The number of ketones is 1. The topological polar surface area (TPSA) is 80.7 Å². The predicted molar refractivity (Wildman–Crippen MR) is 38.4 cm³/mol. The number of hydrogen-bond donors (Lipinski definition) is 1. The summed E-state index contributed by atoms with van der Waals surface area (Å²) in [6, 6.07) is 0. The van der Waals surface area contributed by atoms with Gasteiger partial charge in [-0.15, -0.1) is 0 Å². The Bertz CT molecular complexity index is 240. The molecule has 0 aromatic heterocycles. The normalized spacial score (nSPS) is 8.75. The Balaban J connectivity index is 4.30. The number of Topliss-reactive ketones (excluding diaryl/α,β-unsaturated/α-hetero) is 1. The molecule has 0 aromatic carbocycles. The first-order valence-electron chi connectivity index (χ1n) is 3.14. The summed E-state index contributed by atoms with van der Waals surface area (Å²) in [5.41, 5.74) is -0.663. The third-order valence-corrected chi connectivity index (χ3v) is 0.990. The fourth-order valence-electron chi connectivity index (χ4n) is 0.440. The molecule has 0 amide bonds. The monoisotopic (exact) mass is 172 g/mol. The van der Waals surface area contributed by atoms with E-state index in [0.717, 1.165) is 0 Å². The van der Waals surface area contributed by atoms with Crippen molar-refractivity contribution in [3.63, 3.8) is 0 Å². The van der Waals surface area contributed by atoms with E-state index in [1.54, 1.807) is 0 Å². The summed E-state index contributed by atoms with van der Waals surface area (Å²) < 4.78 is 4.35. The molecule has 66 valence electrons. The van der Waals surface area contributed by atoms with Gasteiger partial charge in [-0.1, -0.05) is 6.58 Å². The zero-order valence-corrected chi connectivity index (χ0v) is 6.49. The molecule has 0 saturated carbocycles. The highest BCUT2D eigenvalue weighted by Gasteiger charge is 2.22. The number of aliphatic carboxylic acids is 1. The van der Waals surface area contributed by atoms with Gasteiger partial charge in [0, 0.05) is 0 Å². The highest BCUT2D eigenvalue weighted by molar-refractivity contribution is 6.45. The molecule has 0 rings (SSSR count). The molecule has 0 saturated heterocycles. The quantitative estimate of drug-likeness (QED) is 0.208. The lowest BCUT2D eigenvalue weighted by atomic mass is 10.2. The highest BCUT2D eigenvalue weighted by Crippen LogP contribution is 1.96. The van der Waals surface area contributed by atoms with Crippen molar-refractivity contribution in [2.75, 3.05) is 6.61 Å². The first kappa shape index (κ1) is 10.3. The van der Waals surface area contributed by atoms with Crippen molar-refractivity contribution in [3.05, 3.63) is 12.2 Å². The van der Waals surface area contributed by atoms with Gasteiger partial charge in [-0.25, -0.2) is 9.59 Å². The van der Waals surface area contributed by atoms with Crippen LogP contribution in [-0.2, 0) is 19.1 Å². The number of carboxylic acid groups (broad SMARTS) is 1. The maximum atomic E-state index is 10.7. The van der Waals surface area contributed by atoms with E-state index in [2.05, 4.69) is 11.3 Å². The molecule has 0 fully saturated rings. The molecule has 0 heterocycles. The average Bonchev–Trinajstić information content (AvgIpc) is 2.02. The molecule has 0 unspecified atom stereocenters. The summed E-state index contributed by atoms with van der Waals surface area (Å²) in [6.45, 7) is 4.60. The Morgan fingerprint density at radius 2 is 1.92 bits per heavy atom. The molecular formula is C7H8O5. The minimum atomic E-state index is -1.71. The van der Waals surface area contributed by atoms with Gasteiger partial charge < -0.3 is 9.84 Å². The Morgan fingerprint density at radius 1 is 1.42 bits per heavy atom. The molecule has 0 bridgehead atoms. The van der Waals surface area contributed by atoms with E-state index >= 15 is 0 Å². The van der Waals surface area contributed by atoms with Crippen LogP contribution in [0.2, 0.25) is 0 Å². The molecule has 0 aliphatic carbocycles. The van der Waals surface area contributed by atoms with Crippen molar-refractivity contribution in [2.45, 2.75) is 6.92 Å². The lowest BCUT2D eigenvalue weighted by molar-refractivity contribution is -0.150. The van der Waals surface area contributed by atoms with Gasteiger partial charge in [-0.3, -0.25) is 4.79 Å². The van der Waals surface area contributed by atoms with E-state index in [4.69, 9.17) is 5.11 Å². The fraction of sp³-hybridized carbons (Fsp3) is 0.286. The van der Waals surface area contributed by atoms with Crippen LogP contribution in [0.15, 0.2) is 12.2 Å². The smallest absolute Gasteiger partial charge is 0.377 e. The molecule has 5 heteroatoms. The molecule has 5 nitrogen and oxygen atoms in total. The second kappa shape index (κ2) is 4.27. The van der Waals surface area contributed by atoms with Gasteiger partial charge in [0.15, 0.2) is 0 Å². The first-order chi connectivity index (χ1) is 5.50. The van der Waals surface area contributed by atoms with Crippen molar-refractivity contribution < 1.29 is 24.2 Å². The number of carbonyl (C=O) groups excluding carboxylic acids is 2. The molecule has 0 atom stereocenters. The fourth-order valence-corrected chi connectivity index (χ4v) is 0.440. The van der Waals surface area contributed by atoms with Gasteiger partial charge in [-0.2, -0.15) is 0 Å². The highest BCUT2D eigenvalue weighted by atomic mass is 16.5. The minimum Gasteiger partial charge on any atom is -0.475 e. The molecule has 0 aromatic rings. The lowest BCUT2D eigenvalue weighted by Gasteiger charge is -2.00. The second-order valence-electron chi connectivity index (χ2n) is 1.83. The number of rotatable bonds is 4. The molecule has 0 radical (unpaired) electrons. The van der Waals surface area contributed by atoms with Crippen LogP contribution in [0.4, 0.5) is 0 Å². The Kier molecular flexibility index (Phi) is 3.69. The molecule has 1 N–H and O–H groups in total. The van der Waals surface area contributed by atoms with Crippen LogP contribution in [0.25, 0.3) is 0 Å². The number of hydrogen-bond acceptors (Lipinski definition) is 4. The van der Waals surface area contributed by atoms with Crippen LogP contribution in [-0.4, -0.2) is 29.4 Å². The Morgan fingerprint density at radius 3 is 2.25 bits per heavy atom. The average molecular weight is 172 g/mol. The van der Waals surface area contributed by atoms with Crippen molar-refractivity contribution in [1.82, 2.24) is 0 Å².